The summed E-state index contributed by atoms with van der Waals surface area (Å²) in [4.78, 5) is 12.7. The molecule has 0 atom stereocenters. The van der Waals surface area contributed by atoms with E-state index >= 15 is 0 Å². The minimum Gasteiger partial charge on any atom is -0.475 e. The highest BCUT2D eigenvalue weighted by Gasteiger charge is 2.51. The zero-order chi connectivity index (χ0) is 17.9. The van der Waals surface area contributed by atoms with Gasteiger partial charge in [0.15, 0.2) is 5.79 Å². The summed E-state index contributed by atoms with van der Waals surface area (Å²) >= 11 is 0. The number of nitrogens with zero attached hydrogens (tertiary/aromatic N) is 3. The van der Waals surface area contributed by atoms with Gasteiger partial charge in [0.05, 0.1) is 25.9 Å². The standard InChI is InChI=1S/C17H27N3O5/c1-4-22-15(21)16(5-7-17(8-6-16)24-9-10-25-17)12-23-14-11-18-19-20(14)13(2)3/h11,13H,4-10,12H2,1-3H3. The van der Waals surface area contributed by atoms with Crippen molar-refractivity contribution in [1.82, 2.24) is 15.0 Å². The van der Waals surface area contributed by atoms with E-state index in [2.05, 4.69) is 10.3 Å². The van der Waals surface area contributed by atoms with Gasteiger partial charge in [-0.3, -0.25) is 4.79 Å². The molecule has 1 aromatic rings. The van der Waals surface area contributed by atoms with Crippen molar-refractivity contribution in [1.29, 1.82) is 0 Å². The zero-order valence-corrected chi connectivity index (χ0v) is 15.2. The lowest BCUT2D eigenvalue weighted by atomic mass is 9.72. The first-order valence-electron chi connectivity index (χ1n) is 8.98. The van der Waals surface area contributed by atoms with Crippen molar-refractivity contribution in [2.45, 2.75) is 58.3 Å². The van der Waals surface area contributed by atoms with E-state index in [0.29, 0.717) is 51.4 Å². The molecule has 2 heterocycles. The minimum absolute atomic E-state index is 0.131. The Hall–Kier alpha value is -1.67. The van der Waals surface area contributed by atoms with Crippen LogP contribution in [0.15, 0.2) is 6.20 Å². The largest absolute Gasteiger partial charge is 0.475 e. The molecule has 0 unspecified atom stereocenters. The summed E-state index contributed by atoms with van der Waals surface area (Å²) in [5.74, 6) is -0.184. The Morgan fingerprint density at radius 1 is 1.28 bits per heavy atom. The molecule has 0 bridgehead atoms. The van der Waals surface area contributed by atoms with Crippen molar-refractivity contribution in [2.24, 2.45) is 5.41 Å². The number of carbonyl (C=O) groups is 1. The molecule has 8 nitrogen and oxygen atoms in total. The molecule has 1 saturated carbocycles. The van der Waals surface area contributed by atoms with Gasteiger partial charge in [-0.05, 0) is 33.6 Å². The second-order valence-corrected chi connectivity index (χ2v) is 7.01. The van der Waals surface area contributed by atoms with Gasteiger partial charge in [0.1, 0.15) is 18.2 Å². The summed E-state index contributed by atoms with van der Waals surface area (Å²) in [5, 5.41) is 7.93. The Kier molecular flexibility index (Phi) is 5.29. The van der Waals surface area contributed by atoms with Crippen molar-refractivity contribution in [3.05, 3.63) is 6.20 Å². The predicted octanol–water partition coefficient (Wildman–Crippen LogP) is 2.10. The summed E-state index contributed by atoms with van der Waals surface area (Å²) in [5.41, 5.74) is -0.692. The Labute approximate surface area is 147 Å². The van der Waals surface area contributed by atoms with Crippen LogP contribution in [0.5, 0.6) is 5.88 Å². The van der Waals surface area contributed by atoms with E-state index in [4.69, 9.17) is 18.9 Å². The summed E-state index contributed by atoms with van der Waals surface area (Å²) in [6.45, 7) is 7.64. The number of ether oxygens (including phenoxy) is 4. The van der Waals surface area contributed by atoms with E-state index in [1.54, 1.807) is 10.9 Å². The van der Waals surface area contributed by atoms with Crippen LogP contribution in [0, 0.1) is 5.41 Å². The second-order valence-electron chi connectivity index (χ2n) is 7.01. The van der Waals surface area contributed by atoms with Gasteiger partial charge in [0, 0.05) is 12.8 Å². The lowest BCUT2D eigenvalue weighted by molar-refractivity contribution is -0.202. The maximum Gasteiger partial charge on any atom is 0.315 e. The zero-order valence-electron chi connectivity index (χ0n) is 15.2. The van der Waals surface area contributed by atoms with Crippen LogP contribution in [-0.4, -0.2) is 53.2 Å². The molecule has 3 rings (SSSR count). The highest BCUT2D eigenvalue weighted by Crippen LogP contribution is 2.45. The molecular weight excluding hydrogens is 326 g/mol. The molecule has 0 amide bonds. The van der Waals surface area contributed by atoms with E-state index in [-0.39, 0.29) is 18.6 Å². The third kappa shape index (κ3) is 3.64. The lowest BCUT2D eigenvalue weighted by Crippen LogP contribution is -2.47. The fraction of sp³-hybridized carbons (Fsp3) is 0.824. The van der Waals surface area contributed by atoms with E-state index in [9.17, 15) is 4.79 Å². The average Bonchev–Trinajstić information content (AvgIpc) is 3.25. The van der Waals surface area contributed by atoms with E-state index in [0.717, 1.165) is 0 Å². The van der Waals surface area contributed by atoms with E-state index in [1.165, 1.54) is 0 Å². The first kappa shape index (κ1) is 18.1. The number of carbonyl (C=O) groups excluding carboxylic acids is 1. The van der Waals surface area contributed by atoms with Gasteiger partial charge >= 0.3 is 5.97 Å². The van der Waals surface area contributed by atoms with Crippen molar-refractivity contribution < 1.29 is 23.7 Å². The van der Waals surface area contributed by atoms with Crippen molar-refractivity contribution in [3.8, 4) is 5.88 Å². The maximum atomic E-state index is 12.7. The third-order valence-electron chi connectivity index (χ3n) is 5.02. The van der Waals surface area contributed by atoms with Crippen LogP contribution in [-0.2, 0) is 19.0 Å². The fourth-order valence-corrected chi connectivity index (χ4v) is 3.49. The highest BCUT2D eigenvalue weighted by atomic mass is 16.7. The average molecular weight is 353 g/mol. The summed E-state index contributed by atoms with van der Waals surface area (Å²) in [7, 11) is 0. The molecule has 8 heteroatoms. The van der Waals surface area contributed by atoms with Crippen LogP contribution in [0.3, 0.4) is 0 Å². The van der Waals surface area contributed by atoms with Crippen LogP contribution in [0.25, 0.3) is 0 Å². The first-order valence-corrected chi connectivity index (χ1v) is 8.98. The summed E-state index contributed by atoms with van der Waals surface area (Å²) in [6.07, 6.45) is 4.12. The van der Waals surface area contributed by atoms with Crippen LogP contribution >= 0.6 is 0 Å². The number of aromatic nitrogens is 3. The number of hydrogen-bond acceptors (Lipinski definition) is 7. The molecule has 1 aromatic heterocycles. The SMILES string of the molecule is CCOC(=O)C1(COc2cnnn2C(C)C)CCC2(CC1)OCCO2. The number of esters is 1. The Balaban J connectivity index is 1.72. The molecule has 2 fully saturated rings. The van der Waals surface area contributed by atoms with Crippen LogP contribution in [0.1, 0.15) is 52.5 Å². The molecule has 0 N–H and O–H groups in total. The third-order valence-corrected chi connectivity index (χ3v) is 5.02. The predicted molar refractivity (Wildman–Crippen MR) is 88.1 cm³/mol. The first-order chi connectivity index (χ1) is 12.0. The second kappa shape index (κ2) is 7.29. The molecule has 140 valence electrons. The fourth-order valence-electron chi connectivity index (χ4n) is 3.49. The molecule has 1 saturated heterocycles. The van der Waals surface area contributed by atoms with Crippen molar-refractivity contribution >= 4 is 5.97 Å². The summed E-state index contributed by atoms with van der Waals surface area (Å²) in [6, 6.07) is 0.131. The number of rotatable bonds is 6. The Morgan fingerprint density at radius 2 is 1.96 bits per heavy atom. The smallest absolute Gasteiger partial charge is 0.315 e. The monoisotopic (exact) mass is 353 g/mol. The lowest BCUT2D eigenvalue weighted by Gasteiger charge is -2.41. The maximum absolute atomic E-state index is 12.7. The molecule has 25 heavy (non-hydrogen) atoms. The van der Waals surface area contributed by atoms with Gasteiger partial charge in [-0.1, -0.05) is 5.21 Å². The molecule has 1 aliphatic carbocycles. The molecule has 1 aliphatic heterocycles. The normalized spacial score (nSPS) is 21.6. The van der Waals surface area contributed by atoms with E-state index in [1.807, 2.05) is 20.8 Å². The molecule has 0 radical (unpaired) electrons. The highest BCUT2D eigenvalue weighted by molar-refractivity contribution is 5.77. The van der Waals surface area contributed by atoms with Crippen LogP contribution < -0.4 is 4.74 Å². The van der Waals surface area contributed by atoms with Gasteiger partial charge in [0.25, 0.3) is 0 Å². The van der Waals surface area contributed by atoms with Gasteiger partial charge in [-0.25, -0.2) is 4.68 Å². The molecular formula is C17H27N3O5. The Morgan fingerprint density at radius 3 is 2.56 bits per heavy atom. The molecule has 2 aliphatic rings. The van der Waals surface area contributed by atoms with Gasteiger partial charge in [-0.2, -0.15) is 0 Å². The number of hydrogen-bond donors (Lipinski definition) is 0. The minimum atomic E-state index is -0.692. The van der Waals surface area contributed by atoms with E-state index < -0.39 is 11.2 Å². The van der Waals surface area contributed by atoms with Crippen molar-refractivity contribution in [2.75, 3.05) is 26.4 Å². The topological polar surface area (TPSA) is 84.7 Å². The molecule has 1 spiro atoms. The summed E-state index contributed by atoms with van der Waals surface area (Å²) < 4.78 is 24.6. The quantitative estimate of drug-likeness (QED) is 0.724. The van der Waals surface area contributed by atoms with Crippen molar-refractivity contribution in [3.63, 3.8) is 0 Å². The van der Waals surface area contributed by atoms with Crippen LogP contribution in [0.2, 0.25) is 0 Å². The molecule has 0 aromatic carbocycles. The van der Waals surface area contributed by atoms with Gasteiger partial charge in [-0.15, -0.1) is 5.10 Å². The van der Waals surface area contributed by atoms with Crippen LogP contribution in [0.4, 0.5) is 0 Å². The van der Waals surface area contributed by atoms with Gasteiger partial charge < -0.3 is 18.9 Å². The Bertz CT molecular complexity index is 585. The van der Waals surface area contributed by atoms with Gasteiger partial charge in [0.2, 0.25) is 5.88 Å².